The smallest absolute Gasteiger partial charge is 0.134 e. The molecule has 1 saturated heterocycles. The zero-order chi connectivity index (χ0) is 23.8. The van der Waals surface area contributed by atoms with Crippen LogP contribution in [0.4, 0.5) is 10.1 Å². The van der Waals surface area contributed by atoms with Gasteiger partial charge in [0.25, 0.3) is 0 Å². The number of rotatable bonds is 3. The monoisotopic (exact) mass is 451 g/mol. The van der Waals surface area contributed by atoms with Crippen LogP contribution in [0.3, 0.4) is 0 Å². The number of piperidine rings is 1. The highest BCUT2D eigenvalue weighted by atomic mass is 19.1. The SMILES string of the molecule is Cc1cc(F)cc(-c2cnnc(-c3[nH]c4cc(C#N)ccc4c3C#N)c2N2CCC(N)CC2)c1. The summed E-state index contributed by atoms with van der Waals surface area (Å²) >= 11 is 0. The van der Waals surface area contributed by atoms with Crippen LogP contribution < -0.4 is 10.6 Å². The quantitative estimate of drug-likeness (QED) is 0.476. The van der Waals surface area contributed by atoms with Crippen LogP contribution in [0, 0.1) is 35.4 Å². The van der Waals surface area contributed by atoms with Crippen LogP contribution in [0.5, 0.6) is 0 Å². The summed E-state index contributed by atoms with van der Waals surface area (Å²) in [5.74, 6) is -0.327. The van der Waals surface area contributed by atoms with Gasteiger partial charge in [-0.1, -0.05) is 12.1 Å². The Morgan fingerprint density at radius 1 is 1.12 bits per heavy atom. The number of aryl methyl sites for hydroxylation is 1. The Balaban J connectivity index is 1.78. The second-order valence-electron chi connectivity index (χ2n) is 8.66. The molecule has 0 radical (unpaired) electrons. The highest BCUT2D eigenvalue weighted by Crippen LogP contribution is 2.41. The molecule has 8 heteroatoms. The molecule has 1 aliphatic rings. The summed E-state index contributed by atoms with van der Waals surface area (Å²) in [6, 6.07) is 14.6. The molecule has 2 aromatic heterocycles. The molecular weight excluding hydrogens is 429 g/mol. The molecule has 0 bridgehead atoms. The van der Waals surface area contributed by atoms with Crippen molar-refractivity contribution in [1.82, 2.24) is 15.2 Å². The molecule has 4 aromatic rings. The summed E-state index contributed by atoms with van der Waals surface area (Å²) in [5, 5.41) is 28.7. The fraction of sp³-hybridized carbons (Fsp3) is 0.231. The Labute approximate surface area is 196 Å². The molecule has 0 atom stereocenters. The summed E-state index contributed by atoms with van der Waals surface area (Å²) in [7, 11) is 0. The standard InChI is InChI=1S/C26H22FN7/c1-15-8-17(11-18(27)9-15)22-14-31-33-25(26(22)34-6-4-19(30)5-7-34)24-21(13-29)20-3-2-16(12-28)10-23(20)32-24/h2-3,8-11,14,19,32H,4-7,30H2,1H3. The number of fused-ring (bicyclic) bond motifs is 1. The number of aromatic amines is 1. The molecule has 0 amide bonds. The van der Waals surface area contributed by atoms with E-state index >= 15 is 0 Å². The van der Waals surface area contributed by atoms with Gasteiger partial charge in [0, 0.05) is 35.6 Å². The molecule has 168 valence electrons. The highest BCUT2D eigenvalue weighted by Gasteiger charge is 2.27. The molecule has 5 rings (SSSR count). The second kappa shape index (κ2) is 8.58. The minimum atomic E-state index is -0.327. The van der Waals surface area contributed by atoms with E-state index in [-0.39, 0.29) is 11.9 Å². The Kier molecular flexibility index (Phi) is 5.45. The van der Waals surface area contributed by atoms with Crippen molar-refractivity contribution in [2.24, 2.45) is 5.73 Å². The van der Waals surface area contributed by atoms with Crippen LogP contribution in [0.15, 0.2) is 42.6 Å². The van der Waals surface area contributed by atoms with Gasteiger partial charge in [-0.05, 0) is 55.2 Å². The van der Waals surface area contributed by atoms with E-state index in [1.807, 2.05) is 13.0 Å². The number of benzene rings is 2. The first-order valence-corrected chi connectivity index (χ1v) is 11.1. The lowest BCUT2D eigenvalue weighted by Gasteiger charge is -2.34. The first-order chi connectivity index (χ1) is 16.5. The van der Waals surface area contributed by atoms with Crippen molar-refractivity contribution < 1.29 is 4.39 Å². The summed E-state index contributed by atoms with van der Waals surface area (Å²) < 4.78 is 14.4. The fourth-order valence-corrected chi connectivity index (χ4v) is 4.66. The van der Waals surface area contributed by atoms with Gasteiger partial charge < -0.3 is 15.6 Å². The predicted molar refractivity (Wildman–Crippen MR) is 128 cm³/mol. The van der Waals surface area contributed by atoms with Crippen LogP contribution in [-0.2, 0) is 0 Å². The molecule has 1 fully saturated rings. The van der Waals surface area contributed by atoms with E-state index in [1.165, 1.54) is 12.1 Å². The van der Waals surface area contributed by atoms with Crippen molar-refractivity contribution in [2.45, 2.75) is 25.8 Å². The van der Waals surface area contributed by atoms with Gasteiger partial charge in [0.15, 0.2) is 0 Å². The third-order valence-electron chi connectivity index (χ3n) is 6.31. The van der Waals surface area contributed by atoms with Gasteiger partial charge in [-0.15, -0.1) is 5.10 Å². The maximum atomic E-state index is 14.4. The van der Waals surface area contributed by atoms with Crippen molar-refractivity contribution in [3.63, 3.8) is 0 Å². The van der Waals surface area contributed by atoms with Crippen molar-refractivity contribution in [3.05, 3.63) is 65.1 Å². The molecule has 34 heavy (non-hydrogen) atoms. The first-order valence-electron chi connectivity index (χ1n) is 11.1. The minimum absolute atomic E-state index is 0.126. The summed E-state index contributed by atoms with van der Waals surface area (Å²) in [4.78, 5) is 5.49. The maximum Gasteiger partial charge on any atom is 0.134 e. The summed E-state index contributed by atoms with van der Waals surface area (Å²) in [6.45, 7) is 3.27. The number of hydrogen-bond acceptors (Lipinski definition) is 6. The number of aromatic nitrogens is 3. The Morgan fingerprint density at radius 2 is 1.91 bits per heavy atom. The van der Waals surface area contributed by atoms with Crippen molar-refractivity contribution in [3.8, 4) is 34.7 Å². The Bertz CT molecular complexity index is 1460. The zero-order valence-electron chi connectivity index (χ0n) is 18.6. The molecular formula is C26H22FN7. The van der Waals surface area contributed by atoms with E-state index in [9.17, 15) is 14.9 Å². The Morgan fingerprint density at radius 3 is 2.62 bits per heavy atom. The topological polar surface area (TPSA) is 118 Å². The number of nitrogens with zero attached hydrogens (tertiary/aromatic N) is 5. The molecule has 3 heterocycles. The van der Waals surface area contributed by atoms with Crippen LogP contribution in [0.25, 0.3) is 33.4 Å². The molecule has 0 aliphatic carbocycles. The van der Waals surface area contributed by atoms with E-state index in [2.05, 4.69) is 32.2 Å². The van der Waals surface area contributed by atoms with Crippen LogP contribution >= 0.6 is 0 Å². The molecule has 0 spiro atoms. The molecule has 3 N–H and O–H groups in total. The van der Waals surface area contributed by atoms with Gasteiger partial charge in [0.1, 0.15) is 17.6 Å². The number of hydrogen-bond donors (Lipinski definition) is 2. The third-order valence-corrected chi connectivity index (χ3v) is 6.31. The van der Waals surface area contributed by atoms with E-state index in [1.54, 1.807) is 24.4 Å². The normalized spacial score (nSPS) is 14.2. The number of nitrogens with two attached hydrogens (primary N) is 1. The van der Waals surface area contributed by atoms with E-state index in [0.717, 1.165) is 29.7 Å². The van der Waals surface area contributed by atoms with Crippen LogP contribution in [0.2, 0.25) is 0 Å². The van der Waals surface area contributed by atoms with Crippen molar-refractivity contribution >= 4 is 16.6 Å². The van der Waals surface area contributed by atoms with Gasteiger partial charge >= 0.3 is 0 Å². The van der Waals surface area contributed by atoms with Gasteiger partial charge in [-0.2, -0.15) is 15.6 Å². The number of anilines is 1. The van der Waals surface area contributed by atoms with Crippen LogP contribution in [-0.4, -0.2) is 34.3 Å². The molecule has 2 aromatic carbocycles. The molecule has 7 nitrogen and oxygen atoms in total. The summed E-state index contributed by atoms with van der Waals surface area (Å²) in [6.07, 6.45) is 3.27. The first kappa shape index (κ1) is 21.6. The Hall–Kier alpha value is -4.27. The largest absolute Gasteiger partial charge is 0.369 e. The zero-order valence-corrected chi connectivity index (χ0v) is 18.6. The number of nitrogens with one attached hydrogen (secondary N) is 1. The molecule has 1 aliphatic heterocycles. The lowest BCUT2D eigenvalue weighted by Crippen LogP contribution is -2.40. The van der Waals surface area contributed by atoms with Gasteiger partial charge in [0.05, 0.1) is 34.8 Å². The number of halogens is 1. The average Bonchev–Trinajstić information content (AvgIpc) is 3.21. The fourth-order valence-electron chi connectivity index (χ4n) is 4.66. The third kappa shape index (κ3) is 3.75. The number of H-pyrrole nitrogens is 1. The lowest BCUT2D eigenvalue weighted by atomic mass is 9.97. The molecule has 0 saturated carbocycles. The minimum Gasteiger partial charge on any atom is -0.369 e. The predicted octanol–water partition coefficient (Wildman–Crippen LogP) is 4.41. The summed E-state index contributed by atoms with van der Waals surface area (Å²) in [5.41, 5.74) is 11.8. The van der Waals surface area contributed by atoms with Crippen molar-refractivity contribution in [2.75, 3.05) is 18.0 Å². The highest BCUT2D eigenvalue weighted by molar-refractivity contribution is 5.97. The van der Waals surface area contributed by atoms with Gasteiger partial charge in [-0.3, -0.25) is 0 Å². The van der Waals surface area contributed by atoms with E-state index in [4.69, 9.17) is 5.73 Å². The lowest BCUT2D eigenvalue weighted by molar-refractivity contribution is 0.501. The van der Waals surface area contributed by atoms with E-state index in [0.29, 0.717) is 52.1 Å². The van der Waals surface area contributed by atoms with Crippen LogP contribution in [0.1, 0.15) is 29.5 Å². The number of nitriles is 2. The van der Waals surface area contributed by atoms with Crippen molar-refractivity contribution in [1.29, 1.82) is 10.5 Å². The average molecular weight is 452 g/mol. The van der Waals surface area contributed by atoms with E-state index < -0.39 is 0 Å². The van der Waals surface area contributed by atoms with Gasteiger partial charge in [-0.25, -0.2) is 4.39 Å². The maximum absolute atomic E-state index is 14.4. The molecule has 0 unspecified atom stereocenters. The second-order valence-corrected chi connectivity index (χ2v) is 8.66. The van der Waals surface area contributed by atoms with Gasteiger partial charge in [0.2, 0.25) is 0 Å².